The first-order valence-electron chi connectivity index (χ1n) is 7.28. The van der Waals surface area contributed by atoms with Gasteiger partial charge in [-0.3, -0.25) is 4.79 Å². The van der Waals surface area contributed by atoms with Crippen LogP contribution < -0.4 is 5.32 Å². The molecule has 1 aliphatic heterocycles. The topological polar surface area (TPSA) is 89.3 Å². The standard InChI is InChI=1S/C13H18F2N4O3/c14-13(15)3-8(4-13)1-2-16-12(21)9-5-19(18-17-9)10-6-22-7-11(10)20/h5,8,10-11,20H,1-4,6-7H2,(H,16,21)/t10-,11-/m1/s1. The van der Waals surface area contributed by atoms with Crippen molar-refractivity contribution in [2.75, 3.05) is 19.8 Å². The maximum absolute atomic E-state index is 12.7. The van der Waals surface area contributed by atoms with Gasteiger partial charge in [-0.2, -0.15) is 0 Å². The molecule has 122 valence electrons. The molecule has 2 fully saturated rings. The van der Waals surface area contributed by atoms with Gasteiger partial charge < -0.3 is 15.2 Å². The minimum atomic E-state index is -2.53. The summed E-state index contributed by atoms with van der Waals surface area (Å²) in [5.41, 5.74) is 0.137. The zero-order chi connectivity index (χ0) is 15.7. The van der Waals surface area contributed by atoms with Gasteiger partial charge in [0.1, 0.15) is 12.1 Å². The van der Waals surface area contributed by atoms with E-state index < -0.39 is 17.9 Å². The van der Waals surface area contributed by atoms with E-state index in [1.165, 1.54) is 10.9 Å². The fraction of sp³-hybridized carbons (Fsp3) is 0.769. The summed E-state index contributed by atoms with van der Waals surface area (Å²) >= 11 is 0. The molecule has 1 aromatic heterocycles. The van der Waals surface area contributed by atoms with Crippen LogP contribution in [0.15, 0.2) is 6.20 Å². The van der Waals surface area contributed by atoms with Crippen molar-refractivity contribution in [2.45, 2.75) is 37.3 Å². The van der Waals surface area contributed by atoms with E-state index in [1.807, 2.05) is 0 Å². The number of carbonyl (C=O) groups excluding carboxylic acids is 1. The van der Waals surface area contributed by atoms with Gasteiger partial charge in [-0.15, -0.1) is 5.10 Å². The van der Waals surface area contributed by atoms with Crippen molar-refractivity contribution in [3.05, 3.63) is 11.9 Å². The van der Waals surface area contributed by atoms with Crippen LogP contribution in [0.5, 0.6) is 0 Å². The lowest BCUT2D eigenvalue weighted by Gasteiger charge is -2.34. The first kappa shape index (κ1) is 15.3. The minimum Gasteiger partial charge on any atom is -0.388 e. The molecule has 1 aromatic rings. The highest BCUT2D eigenvalue weighted by Crippen LogP contribution is 2.43. The van der Waals surface area contributed by atoms with Crippen LogP contribution in [-0.2, 0) is 4.74 Å². The molecular weight excluding hydrogens is 298 g/mol. The lowest BCUT2D eigenvalue weighted by Crippen LogP contribution is -2.37. The number of aliphatic hydroxyl groups is 1. The van der Waals surface area contributed by atoms with Gasteiger partial charge in [0.25, 0.3) is 5.91 Å². The van der Waals surface area contributed by atoms with Gasteiger partial charge in [-0.1, -0.05) is 5.21 Å². The fourth-order valence-electron chi connectivity index (χ4n) is 2.80. The highest BCUT2D eigenvalue weighted by Gasteiger charge is 2.44. The van der Waals surface area contributed by atoms with E-state index in [0.29, 0.717) is 19.6 Å². The van der Waals surface area contributed by atoms with E-state index in [1.54, 1.807) is 0 Å². The van der Waals surface area contributed by atoms with Gasteiger partial charge in [-0.05, 0) is 12.3 Å². The molecule has 9 heteroatoms. The quantitative estimate of drug-likeness (QED) is 0.819. The minimum absolute atomic E-state index is 0.0308. The van der Waals surface area contributed by atoms with E-state index in [-0.39, 0.29) is 37.1 Å². The maximum Gasteiger partial charge on any atom is 0.273 e. The number of hydrogen-bond acceptors (Lipinski definition) is 5. The lowest BCUT2D eigenvalue weighted by molar-refractivity contribution is -0.111. The number of alkyl halides is 2. The summed E-state index contributed by atoms with van der Waals surface area (Å²) in [5.74, 6) is -2.95. The maximum atomic E-state index is 12.7. The van der Waals surface area contributed by atoms with Gasteiger partial charge in [0, 0.05) is 19.4 Å². The van der Waals surface area contributed by atoms with E-state index >= 15 is 0 Å². The molecule has 7 nitrogen and oxygen atoms in total. The first-order chi connectivity index (χ1) is 10.4. The van der Waals surface area contributed by atoms with Gasteiger partial charge >= 0.3 is 0 Å². The van der Waals surface area contributed by atoms with Gasteiger partial charge in [0.05, 0.1) is 19.4 Å². The molecule has 3 rings (SSSR count). The molecule has 0 aromatic carbocycles. The number of carbonyl (C=O) groups is 1. The second-order valence-electron chi connectivity index (χ2n) is 5.93. The van der Waals surface area contributed by atoms with E-state index in [0.717, 1.165) is 0 Å². The third-order valence-corrected chi connectivity index (χ3v) is 4.12. The Labute approximate surface area is 125 Å². The summed E-state index contributed by atoms with van der Waals surface area (Å²) < 4.78 is 31.9. The molecule has 1 saturated heterocycles. The Balaban J connectivity index is 1.45. The van der Waals surface area contributed by atoms with Gasteiger partial charge in [-0.25, -0.2) is 13.5 Å². The number of hydrogen-bond donors (Lipinski definition) is 2. The molecule has 2 aliphatic rings. The van der Waals surface area contributed by atoms with Crippen molar-refractivity contribution in [2.24, 2.45) is 5.92 Å². The molecule has 22 heavy (non-hydrogen) atoms. The van der Waals surface area contributed by atoms with Crippen LogP contribution in [0.3, 0.4) is 0 Å². The van der Waals surface area contributed by atoms with Crippen molar-refractivity contribution in [3.63, 3.8) is 0 Å². The first-order valence-corrected chi connectivity index (χ1v) is 7.28. The lowest BCUT2D eigenvalue weighted by atomic mass is 9.79. The molecule has 0 spiro atoms. The number of amides is 1. The molecule has 1 saturated carbocycles. The predicted octanol–water partition coefficient (Wildman–Crippen LogP) is 0.375. The van der Waals surface area contributed by atoms with Crippen molar-refractivity contribution >= 4 is 5.91 Å². The Morgan fingerprint density at radius 2 is 2.27 bits per heavy atom. The summed E-state index contributed by atoms with van der Waals surface area (Å²) in [4.78, 5) is 11.9. The molecule has 0 radical (unpaired) electrons. The molecule has 2 heterocycles. The number of aromatic nitrogens is 3. The Morgan fingerprint density at radius 1 is 1.50 bits per heavy atom. The molecule has 1 aliphatic carbocycles. The van der Waals surface area contributed by atoms with Crippen LogP contribution in [-0.4, -0.2) is 57.8 Å². The van der Waals surface area contributed by atoms with E-state index in [2.05, 4.69) is 15.6 Å². The molecule has 1 amide bonds. The number of halogens is 2. The highest BCUT2D eigenvalue weighted by molar-refractivity contribution is 5.91. The third-order valence-electron chi connectivity index (χ3n) is 4.12. The number of aliphatic hydroxyl groups excluding tert-OH is 1. The Bertz CT molecular complexity index is 543. The largest absolute Gasteiger partial charge is 0.388 e. The van der Waals surface area contributed by atoms with Crippen molar-refractivity contribution in [1.82, 2.24) is 20.3 Å². The van der Waals surface area contributed by atoms with Crippen molar-refractivity contribution in [1.29, 1.82) is 0 Å². The molecule has 2 N–H and O–H groups in total. The highest BCUT2D eigenvalue weighted by atomic mass is 19.3. The average Bonchev–Trinajstić information content (AvgIpc) is 3.04. The molecule has 2 atom stereocenters. The monoisotopic (exact) mass is 316 g/mol. The van der Waals surface area contributed by atoms with Crippen molar-refractivity contribution in [3.8, 4) is 0 Å². The van der Waals surface area contributed by atoms with Crippen LogP contribution in [0, 0.1) is 5.92 Å². The summed E-state index contributed by atoms with van der Waals surface area (Å²) in [5, 5.41) is 19.9. The van der Waals surface area contributed by atoms with E-state index in [9.17, 15) is 18.7 Å². The van der Waals surface area contributed by atoms with Crippen LogP contribution in [0.25, 0.3) is 0 Å². The number of nitrogens with zero attached hydrogens (tertiary/aromatic N) is 3. The fourth-order valence-corrected chi connectivity index (χ4v) is 2.80. The number of ether oxygens (including phenoxy) is 1. The second kappa shape index (κ2) is 5.88. The Hall–Kier alpha value is -1.61. The van der Waals surface area contributed by atoms with Crippen LogP contribution in [0.4, 0.5) is 8.78 Å². The molecular formula is C13H18F2N4O3. The predicted molar refractivity (Wildman–Crippen MR) is 70.5 cm³/mol. The zero-order valence-corrected chi connectivity index (χ0v) is 11.9. The SMILES string of the molecule is O=C(NCCC1CC(F)(F)C1)c1cn([C@@H]2COC[C@H]2O)nn1. The van der Waals surface area contributed by atoms with Gasteiger partial charge in [0.15, 0.2) is 5.69 Å². The molecule has 0 unspecified atom stereocenters. The number of nitrogens with one attached hydrogen (secondary N) is 1. The van der Waals surface area contributed by atoms with Crippen LogP contribution in [0.1, 0.15) is 35.8 Å². The third kappa shape index (κ3) is 3.25. The normalized spacial score (nSPS) is 27.6. The van der Waals surface area contributed by atoms with Gasteiger partial charge in [0.2, 0.25) is 5.92 Å². The zero-order valence-electron chi connectivity index (χ0n) is 11.9. The summed E-state index contributed by atoms with van der Waals surface area (Å²) in [6.07, 6.45) is 1.12. The molecule has 0 bridgehead atoms. The smallest absolute Gasteiger partial charge is 0.273 e. The summed E-state index contributed by atoms with van der Waals surface area (Å²) in [6.45, 7) is 0.890. The number of rotatable bonds is 5. The Morgan fingerprint density at radius 3 is 2.91 bits per heavy atom. The van der Waals surface area contributed by atoms with E-state index in [4.69, 9.17) is 4.74 Å². The van der Waals surface area contributed by atoms with Crippen LogP contribution >= 0.6 is 0 Å². The average molecular weight is 316 g/mol. The van der Waals surface area contributed by atoms with Crippen LogP contribution in [0.2, 0.25) is 0 Å². The Kier molecular flexibility index (Phi) is 4.09. The summed E-state index contributed by atoms with van der Waals surface area (Å²) in [6, 6.07) is -0.341. The second-order valence-corrected chi connectivity index (χ2v) is 5.93. The summed E-state index contributed by atoms with van der Waals surface area (Å²) in [7, 11) is 0. The van der Waals surface area contributed by atoms with Crippen molar-refractivity contribution < 1.29 is 23.4 Å².